The summed E-state index contributed by atoms with van der Waals surface area (Å²) < 4.78 is 16.3. The minimum atomic E-state index is 0.481. The molecule has 0 aliphatic heterocycles. The summed E-state index contributed by atoms with van der Waals surface area (Å²) in [5.74, 6) is 3.05. The Bertz CT molecular complexity index is 660. The Morgan fingerprint density at radius 2 is 1.71 bits per heavy atom. The van der Waals surface area contributed by atoms with Gasteiger partial charge in [-0.15, -0.1) is 0 Å². The van der Waals surface area contributed by atoms with E-state index >= 15 is 0 Å². The third-order valence-electron chi connectivity index (χ3n) is 3.05. The van der Waals surface area contributed by atoms with Gasteiger partial charge in [0.25, 0.3) is 0 Å². The number of nitrogens with zero attached hydrogens (tertiary/aromatic N) is 1. The monoisotopic (exact) mass is 346 g/mol. The van der Waals surface area contributed by atoms with Gasteiger partial charge < -0.3 is 19.9 Å². The van der Waals surface area contributed by atoms with Crippen molar-refractivity contribution in [2.24, 2.45) is 10.7 Å². The van der Waals surface area contributed by atoms with E-state index in [1.165, 1.54) is 11.8 Å². The van der Waals surface area contributed by atoms with Crippen LogP contribution < -0.4 is 19.9 Å². The summed E-state index contributed by atoms with van der Waals surface area (Å²) in [7, 11) is 1.61. The van der Waals surface area contributed by atoms with Crippen molar-refractivity contribution in [2.75, 3.05) is 26.1 Å². The number of ether oxygens (including phenoxy) is 3. The van der Waals surface area contributed by atoms with Crippen molar-refractivity contribution in [1.29, 1.82) is 0 Å². The molecular weight excluding hydrogens is 324 g/mol. The molecule has 0 unspecified atom stereocenters. The molecule has 0 fully saturated rings. The van der Waals surface area contributed by atoms with Crippen molar-refractivity contribution >= 4 is 22.6 Å². The molecule has 0 spiro atoms. The van der Waals surface area contributed by atoms with Gasteiger partial charge in [-0.2, -0.15) is 0 Å². The number of thioether (sulfide) groups is 1. The van der Waals surface area contributed by atoms with Gasteiger partial charge in [-0.1, -0.05) is 23.9 Å². The van der Waals surface area contributed by atoms with Crippen molar-refractivity contribution in [3.63, 3.8) is 0 Å². The van der Waals surface area contributed by atoms with Gasteiger partial charge in [0.2, 0.25) is 0 Å². The number of benzene rings is 2. The normalized spacial score (nSPS) is 11.2. The number of rotatable bonds is 8. The number of methoxy groups -OCH3 is 1. The molecule has 128 valence electrons. The molecule has 0 saturated carbocycles. The van der Waals surface area contributed by atoms with Crippen LogP contribution in [0.1, 0.15) is 6.92 Å². The molecule has 0 heterocycles. The Hall–Kier alpha value is -2.34. The van der Waals surface area contributed by atoms with Crippen LogP contribution in [-0.4, -0.2) is 31.2 Å². The zero-order valence-electron chi connectivity index (χ0n) is 13.9. The number of aliphatic imine (C=N–C) groups is 1. The van der Waals surface area contributed by atoms with Gasteiger partial charge in [0.05, 0.1) is 20.3 Å². The molecule has 2 N–H and O–H groups in total. The number of hydrogen-bond donors (Lipinski definition) is 1. The van der Waals surface area contributed by atoms with E-state index in [2.05, 4.69) is 4.99 Å². The lowest BCUT2D eigenvalue weighted by Crippen LogP contribution is -2.10. The van der Waals surface area contributed by atoms with E-state index in [0.717, 1.165) is 17.2 Å². The van der Waals surface area contributed by atoms with E-state index in [0.29, 0.717) is 29.9 Å². The standard InChI is InChI=1S/C18H22N2O3S/c1-3-22-14-8-10-15(11-9-14)23-12-13-24-18(19)20-16-6-4-5-7-17(16)21-2/h4-11H,3,12-13H2,1-2H3,(H2,19,20). The molecule has 0 aliphatic rings. The molecule has 0 saturated heterocycles. The van der Waals surface area contributed by atoms with E-state index < -0.39 is 0 Å². The van der Waals surface area contributed by atoms with Crippen molar-refractivity contribution in [3.05, 3.63) is 48.5 Å². The van der Waals surface area contributed by atoms with Crippen molar-refractivity contribution in [1.82, 2.24) is 0 Å². The Morgan fingerprint density at radius 3 is 2.38 bits per heavy atom. The molecule has 0 amide bonds. The molecule has 0 radical (unpaired) electrons. The molecule has 0 bridgehead atoms. The van der Waals surface area contributed by atoms with Crippen molar-refractivity contribution in [2.45, 2.75) is 6.92 Å². The summed E-state index contributed by atoms with van der Waals surface area (Å²) in [4.78, 5) is 4.37. The number of para-hydroxylation sites is 2. The molecule has 2 aromatic carbocycles. The van der Waals surface area contributed by atoms with Crippen LogP contribution in [0.15, 0.2) is 53.5 Å². The lowest BCUT2D eigenvalue weighted by atomic mass is 10.3. The minimum Gasteiger partial charge on any atom is -0.494 e. The summed E-state index contributed by atoms with van der Waals surface area (Å²) >= 11 is 1.44. The highest BCUT2D eigenvalue weighted by Gasteiger charge is 2.02. The fourth-order valence-corrected chi connectivity index (χ4v) is 2.52. The first kappa shape index (κ1) is 18.0. The quantitative estimate of drug-likeness (QED) is 0.447. The highest BCUT2D eigenvalue weighted by Crippen LogP contribution is 2.27. The second kappa shape index (κ2) is 9.72. The lowest BCUT2D eigenvalue weighted by Gasteiger charge is -2.08. The van der Waals surface area contributed by atoms with E-state index in [1.54, 1.807) is 7.11 Å². The van der Waals surface area contributed by atoms with E-state index in [1.807, 2.05) is 55.5 Å². The maximum atomic E-state index is 5.95. The predicted octanol–water partition coefficient (Wildman–Crippen LogP) is 3.85. The second-order valence-electron chi connectivity index (χ2n) is 4.72. The van der Waals surface area contributed by atoms with E-state index in [-0.39, 0.29) is 0 Å². The predicted molar refractivity (Wildman–Crippen MR) is 99.8 cm³/mol. The summed E-state index contributed by atoms with van der Waals surface area (Å²) in [5.41, 5.74) is 6.67. The fraction of sp³-hybridized carbons (Fsp3) is 0.278. The highest BCUT2D eigenvalue weighted by atomic mass is 32.2. The van der Waals surface area contributed by atoms with Crippen LogP contribution in [0, 0.1) is 0 Å². The van der Waals surface area contributed by atoms with E-state index in [4.69, 9.17) is 19.9 Å². The van der Waals surface area contributed by atoms with Crippen LogP contribution in [-0.2, 0) is 0 Å². The van der Waals surface area contributed by atoms with Crippen LogP contribution in [0.4, 0.5) is 5.69 Å². The Labute approximate surface area is 146 Å². The molecule has 5 nitrogen and oxygen atoms in total. The number of nitrogens with two attached hydrogens (primary N) is 1. The highest BCUT2D eigenvalue weighted by molar-refractivity contribution is 8.13. The summed E-state index contributed by atoms with van der Waals surface area (Å²) in [6, 6.07) is 15.1. The largest absolute Gasteiger partial charge is 0.494 e. The average Bonchev–Trinajstić information content (AvgIpc) is 2.61. The molecular formula is C18H22N2O3S. The van der Waals surface area contributed by atoms with Crippen LogP contribution in [0.3, 0.4) is 0 Å². The SMILES string of the molecule is CCOc1ccc(OCCSC(N)=Nc2ccccc2OC)cc1. The molecule has 24 heavy (non-hydrogen) atoms. The van der Waals surface area contributed by atoms with Gasteiger partial charge in [0.1, 0.15) is 22.9 Å². The molecule has 6 heteroatoms. The molecule has 2 aromatic rings. The maximum absolute atomic E-state index is 5.95. The van der Waals surface area contributed by atoms with Gasteiger partial charge in [-0.3, -0.25) is 0 Å². The number of hydrogen-bond acceptors (Lipinski definition) is 5. The van der Waals surface area contributed by atoms with Gasteiger partial charge in [-0.25, -0.2) is 4.99 Å². The maximum Gasteiger partial charge on any atom is 0.159 e. The van der Waals surface area contributed by atoms with Crippen LogP contribution >= 0.6 is 11.8 Å². The van der Waals surface area contributed by atoms with Crippen LogP contribution in [0.25, 0.3) is 0 Å². The van der Waals surface area contributed by atoms with Crippen LogP contribution in [0.5, 0.6) is 17.2 Å². The Morgan fingerprint density at radius 1 is 1.04 bits per heavy atom. The van der Waals surface area contributed by atoms with Gasteiger partial charge in [-0.05, 0) is 43.3 Å². The average molecular weight is 346 g/mol. The molecule has 0 aliphatic carbocycles. The van der Waals surface area contributed by atoms with Crippen molar-refractivity contribution in [3.8, 4) is 17.2 Å². The first-order valence-corrected chi connectivity index (χ1v) is 8.67. The fourth-order valence-electron chi connectivity index (χ4n) is 1.98. The zero-order chi connectivity index (χ0) is 17.2. The summed E-state index contributed by atoms with van der Waals surface area (Å²) in [6.07, 6.45) is 0. The Kier molecular flexibility index (Phi) is 7.29. The number of amidine groups is 1. The van der Waals surface area contributed by atoms with Crippen LogP contribution in [0.2, 0.25) is 0 Å². The van der Waals surface area contributed by atoms with Gasteiger partial charge in [0, 0.05) is 5.75 Å². The first-order valence-electron chi connectivity index (χ1n) is 7.68. The summed E-state index contributed by atoms with van der Waals surface area (Å²) in [5, 5.41) is 0.481. The molecule has 0 aromatic heterocycles. The third-order valence-corrected chi connectivity index (χ3v) is 3.81. The molecule has 0 atom stereocenters. The van der Waals surface area contributed by atoms with Crippen molar-refractivity contribution < 1.29 is 14.2 Å². The zero-order valence-corrected chi connectivity index (χ0v) is 14.7. The van der Waals surface area contributed by atoms with Gasteiger partial charge >= 0.3 is 0 Å². The lowest BCUT2D eigenvalue weighted by molar-refractivity contribution is 0.332. The second-order valence-corrected chi connectivity index (χ2v) is 5.84. The van der Waals surface area contributed by atoms with Gasteiger partial charge in [0.15, 0.2) is 5.17 Å². The minimum absolute atomic E-state index is 0.481. The molecule has 2 rings (SSSR count). The van der Waals surface area contributed by atoms with E-state index in [9.17, 15) is 0 Å². The third kappa shape index (κ3) is 5.70. The summed E-state index contributed by atoms with van der Waals surface area (Å²) in [6.45, 7) is 3.15. The smallest absolute Gasteiger partial charge is 0.159 e. The Balaban J connectivity index is 1.78. The first-order chi connectivity index (χ1) is 11.7. The topological polar surface area (TPSA) is 66.1 Å².